The number of nitrogens with zero attached hydrogens (tertiary/aromatic N) is 2. The molecule has 0 saturated carbocycles. The summed E-state index contributed by atoms with van der Waals surface area (Å²) in [6, 6.07) is 5.35. The fraction of sp³-hybridized carbons (Fsp3) is 0.273. The number of benzene rings is 1. The van der Waals surface area contributed by atoms with Crippen molar-refractivity contribution < 1.29 is 14.5 Å². The first-order valence-electron chi connectivity index (χ1n) is 5.25. The van der Waals surface area contributed by atoms with Crippen molar-refractivity contribution in [3.05, 3.63) is 33.9 Å². The first-order valence-corrected chi connectivity index (χ1v) is 5.25. The number of nitro benzene ring substituents is 1. The minimum atomic E-state index is -0.846. The SMILES string of the molecule is COC(CN)C(=O)Nc1ccc([N+](=O)[O-])cc1C#N. The molecule has 0 fully saturated rings. The lowest BCUT2D eigenvalue weighted by molar-refractivity contribution is -0.384. The van der Waals surface area contributed by atoms with Crippen molar-refractivity contribution in [2.75, 3.05) is 19.0 Å². The number of hydrogen-bond donors (Lipinski definition) is 2. The molecule has 8 heteroatoms. The molecule has 1 atom stereocenters. The summed E-state index contributed by atoms with van der Waals surface area (Å²) in [7, 11) is 1.33. The zero-order chi connectivity index (χ0) is 14.4. The molecule has 0 spiro atoms. The highest BCUT2D eigenvalue weighted by Crippen LogP contribution is 2.21. The van der Waals surface area contributed by atoms with Crippen LogP contribution in [0.2, 0.25) is 0 Å². The van der Waals surface area contributed by atoms with Crippen LogP contribution in [0.15, 0.2) is 18.2 Å². The number of nitrogens with one attached hydrogen (secondary N) is 1. The third kappa shape index (κ3) is 3.48. The molecule has 0 saturated heterocycles. The minimum Gasteiger partial charge on any atom is -0.370 e. The predicted octanol–water partition coefficient (Wildman–Crippen LogP) is 0.379. The van der Waals surface area contributed by atoms with Gasteiger partial charge in [0.1, 0.15) is 12.2 Å². The van der Waals surface area contributed by atoms with Gasteiger partial charge in [-0.05, 0) is 6.07 Å². The lowest BCUT2D eigenvalue weighted by Crippen LogP contribution is -2.36. The summed E-state index contributed by atoms with van der Waals surface area (Å²) in [6.07, 6.45) is -0.846. The molecular formula is C11H12N4O4. The lowest BCUT2D eigenvalue weighted by atomic mass is 10.1. The zero-order valence-electron chi connectivity index (χ0n) is 10.1. The fourth-order valence-electron chi connectivity index (χ4n) is 1.37. The number of rotatable bonds is 5. The Morgan fingerprint density at radius 3 is 2.84 bits per heavy atom. The van der Waals surface area contributed by atoms with Crippen LogP contribution < -0.4 is 11.1 Å². The van der Waals surface area contributed by atoms with Gasteiger partial charge >= 0.3 is 0 Å². The first-order chi connectivity index (χ1) is 9.03. The van der Waals surface area contributed by atoms with E-state index >= 15 is 0 Å². The number of hydrogen-bond acceptors (Lipinski definition) is 6. The van der Waals surface area contributed by atoms with E-state index < -0.39 is 16.9 Å². The summed E-state index contributed by atoms with van der Waals surface area (Å²) >= 11 is 0. The number of nitro groups is 1. The molecule has 0 aromatic heterocycles. The molecule has 100 valence electrons. The van der Waals surface area contributed by atoms with Crippen molar-refractivity contribution in [3.8, 4) is 6.07 Å². The van der Waals surface area contributed by atoms with E-state index in [1.165, 1.54) is 19.2 Å². The van der Waals surface area contributed by atoms with Crippen molar-refractivity contribution in [1.82, 2.24) is 0 Å². The Hall–Kier alpha value is -2.50. The summed E-state index contributed by atoms with van der Waals surface area (Å²) in [5, 5.41) is 21.9. The van der Waals surface area contributed by atoms with Gasteiger partial charge in [0.25, 0.3) is 11.6 Å². The number of nitriles is 1. The van der Waals surface area contributed by atoms with E-state index in [-0.39, 0.29) is 23.5 Å². The third-order valence-electron chi connectivity index (χ3n) is 2.38. The third-order valence-corrected chi connectivity index (χ3v) is 2.38. The molecule has 19 heavy (non-hydrogen) atoms. The number of nitrogens with two attached hydrogens (primary N) is 1. The van der Waals surface area contributed by atoms with Gasteiger partial charge in [-0.25, -0.2) is 0 Å². The highest BCUT2D eigenvalue weighted by molar-refractivity contribution is 5.95. The molecule has 1 unspecified atom stereocenters. The number of carbonyl (C=O) groups is 1. The van der Waals surface area contributed by atoms with Gasteiger partial charge in [0.2, 0.25) is 0 Å². The van der Waals surface area contributed by atoms with Crippen LogP contribution in [0, 0.1) is 21.4 Å². The monoisotopic (exact) mass is 264 g/mol. The van der Waals surface area contributed by atoms with Gasteiger partial charge in [0, 0.05) is 25.8 Å². The normalized spacial score (nSPS) is 11.4. The van der Waals surface area contributed by atoms with Crippen LogP contribution in [0.25, 0.3) is 0 Å². The van der Waals surface area contributed by atoms with E-state index in [1.807, 2.05) is 0 Å². The van der Waals surface area contributed by atoms with Crippen LogP contribution in [-0.2, 0) is 9.53 Å². The van der Waals surface area contributed by atoms with E-state index in [0.717, 1.165) is 6.07 Å². The molecule has 3 N–H and O–H groups in total. The van der Waals surface area contributed by atoms with E-state index in [2.05, 4.69) is 5.32 Å². The van der Waals surface area contributed by atoms with Crippen LogP contribution in [0.4, 0.5) is 11.4 Å². The fourth-order valence-corrected chi connectivity index (χ4v) is 1.37. The van der Waals surface area contributed by atoms with E-state index in [1.54, 1.807) is 6.07 Å². The van der Waals surface area contributed by atoms with Crippen molar-refractivity contribution >= 4 is 17.3 Å². The standard InChI is InChI=1S/C11H12N4O4/c1-19-10(6-13)11(16)14-9-3-2-8(15(17)18)4-7(9)5-12/h2-4,10H,6,13H2,1H3,(H,14,16). The Balaban J connectivity index is 2.99. The Morgan fingerprint density at radius 1 is 1.68 bits per heavy atom. The molecule has 0 bridgehead atoms. The molecule has 1 amide bonds. The zero-order valence-corrected chi connectivity index (χ0v) is 10.1. The maximum atomic E-state index is 11.7. The van der Waals surface area contributed by atoms with Crippen molar-refractivity contribution in [3.63, 3.8) is 0 Å². The Labute approximate surface area is 108 Å². The highest BCUT2D eigenvalue weighted by atomic mass is 16.6. The second-order valence-electron chi connectivity index (χ2n) is 3.55. The number of carbonyl (C=O) groups excluding carboxylic acids is 1. The average Bonchev–Trinajstić information content (AvgIpc) is 2.40. The summed E-state index contributed by atoms with van der Waals surface area (Å²) in [6.45, 7) is -0.0167. The van der Waals surface area contributed by atoms with Gasteiger partial charge in [-0.15, -0.1) is 0 Å². The average molecular weight is 264 g/mol. The highest BCUT2D eigenvalue weighted by Gasteiger charge is 2.18. The quantitative estimate of drug-likeness (QED) is 0.583. The van der Waals surface area contributed by atoms with E-state index in [4.69, 9.17) is 15.7 Å². The molecule has 0 aliphatic carbocycles. The van der Waals surface area contributed by atoms with Crippen LogP contribution in [-0.4, -0.2) is 30.6 Å². The summed E-state index contributed by atoms with van der Waals surface area (Å²) in [5.74, 6) is -0.518. The largest absolute Gasteiger partial charge is 0.370 e. The number of methoxy groups -OCH3 is 1. The summed E-state index contributed by atoms with van der Waals surface area (Å²) in [5.41, 5.74) is 5.28. The van der Waals surface area contributed by atoms with Crippen LogP contribution >= 0.6 is 0 Å². The predicted molar refractivity (Wildman–Crippen MR) is 66.3 cm³/mol. The number of amides is 1. The van der Waals surface area contributed by atoms with Gasteiger partial charge in [0.15, 0.2) is 0 Å². The second-order valence-corrected chi connectivity index (χ2v) is 3.55. The number of non-ortho nitro benzene ring substituents is 1. The van der Waals surface area contributed by atoms with Gasteiger partial charge in [-0.1, -0.05) is 0 Å². The van der Waals surface area contributed by atoms with Gasteiger partial charge in [-0.3, -0.25) is 14.9 Å². The molecule has 8 nitrogen and oxygen atoms in total. The molecule has 0 aliphatic rings. The molecule has 1 rings (SSSR count). The van der Waals surface area contributed by atoms with Crippen molar-refractivity contribution in [1.29, 1.82) is 5.26 Å². The molecule has 1 aromatic carbocycles. The van der Waals surface area contributed by atoms with Gasteiger partial charge < -0.3 is 15.8 Å². The Bertz CT molecular complexity index is 534. The molecule has 0 aliphatic heterocycles. The maximum Gasteiger partial charge on any atom is 0.270 e. The van der Waals surface area contributed by atoms with Crippen LogP contribution in [0.5, 0.6) is 0 Å². The Kier molecular flexibility index (Phi) is 4.93. The molecule has 1 aromatic rings. The second kappa shape index (κ2) is 6.44. The van der Waals surface area contributed by atoms with Crippen LogP contribution in [0.3, 0.4) is 0 Å². The lowest BCUT2D eigenvalue weighted by Gasteiger charge is -2.13. The van der Waals surface area contributed by atoms with E-state index in [9.17, 15) is 14.9 Å². The summed E-state index contributed by atoms with van der Waals surface area (Å²) < 4.78 is 4.84. The summed E-state index contributed by atoms with van der Waals surface area (Å²) in [4.78, 5) is 21.7. The van der Waals surface area contributed by atoms with Gasteiger partial charge in [-0.2, -0.15) is 5.26 Å². The molecule has 0 heterocycles. The number of anilines is 1. The maximum absolute atomic E-state index is 11.7. The smallest absolute Gasteiger partial charge is 0.270 e. The first kappa shape index (κ1) is 14.6. The molecule has 0 radical (unpaired) electrons. The number of ether oxygens (including phenoxy) is 1. The minimum absolute atomic E-state index is 0.00516. The van der Waals surface area contributed by atoms with Crippen molar-refractivity contribution in [2.24, 2.45) is 5.73 Å². The van der Waals surface area contributed by atoms with E-state index in [0.29, 0.717) is 0 Å². The van der Waals surface area contributed by atoms with Crippen molar-refractivity contribution in [2.45, 2.75) is 6.10 Å². The topological polar surface area (TPSA) is 131 Å². The molecular weight excluding hydrogens is 252 g/mol. The van der Waals surface area contributed by atoms with Crippen LogP contribution in [0.1, 0.15) is 5.56 Å². The Morgan fingerprint density at radius 2 is 2.37 bits per heavy atom. The van der Waals surface area contributed by atoms with Gasteiger partial charge in [0.05, 0.1) is 16.2 Å².